The largest absolute Gasteiger partial charge is 0.349 e. The van der Waals surface area contributed by atoms with Crippen molar-refractivity contribution in [2.24, 2.45) is 0 Å². The van der Waals surface area contributed by atoms with E-state index < -0.39 is 0 Å². The zero-order valence-corrected chi connectivity index (χ0v) is 16.3. The number of piperidine rings is 1. The first kappa shape index (κ1) is 17.4. The Hall–Kier alpha value is -2.03. The summed E-state index contributed by atoms with van der Waals surface area (Å²) in [5.74, 6) is 0.00647. The standard InChI is InChI=1S/C18H17N3O2S3/c22-16(12-5-9-24-11-12)20-13-3-6-21(7-4-13)18(23)15-10-19-17(26-15)14-2-1-8-25-14/h1-2,5,8-11,13H,3-4,6-7H2,(H,20,22). The molecule has 0 atom stereocenters. The van der Waals surface area contributed by atoms with Crippen molar-refractivity contribution in [3.05, 3.63) is 51.0 Å². The van der Waals surface area contributed by atoms with Crippen LogP contribution in [0.15, 0.2) is 40.5 Å². The SMILES string of the molecule is O=C(NC1CCN(C(=O)c2cnc(-c3cccs3)s2)CC1)c1ccsc1. The van der Waals surface area contributed by atoms with Gasteiger partial charge in [0.15, 0.2) is 0 Å². The highest BCUT2D eigenvalue weighted by molar-refractivity contribution is 7.22. The lowest BCUT2D eigenvalue weighted by atomic mass is 10.0. The van der Waals surface area contributed by atoms with E-state index in [9.17, 15) is 9.59 Å². The molecular weight excluding hydrogens is 386 g/mol. The molecule has 0 aromatic carbocycles. The van der Waals surface area contributed by atoms with Gasteiger partial charge >= 0.3 is 0 Å². The third-order valence-electron chi connectivity index (χ3n) is 4.35. The van der Waals surface area contributed by atoms with Crippen LogP contribution in [0.25, 0.3) is 9.88 Å². The van der Waals surface area contributed by atoms with Gasteiger partial charge < -0.3 is 10.2 Å². The monoisotopic (exact) mass is 403 g/mol. The van der Waals surface area contributed by atoms with Crippen molar-refractivity contribution >= 4 is 45.8 Å². The van der Waals surface area contributed by atoms with Crippen LogP contribution in [0, 0.1) is 0 Å². The quantitative estimate of drug-likeness (QED) is 0.717. The molecule has 1 fully saturated rings. The summed E-state index contributed by atoms with van der Waals surface area (Å²) >= 11 is 4.58. The topological polar surface area (TPSA) is 62.3 Å². The lowest BCUT2D eigenvalue weighted by molar-refractivity contribution is 0.0702. The highest BCUT2D eigenvalue weighted by atomic mass is 32.1. The summed E-state index contributed by atoms with van der Waals surface area (Å²) in [5, 5.41) is 9.71. The first-order chi connectivity index (χ1) is 12.7. The van der Waals surface area contributed by atoms with Gasteiger partial charge in [-0.1, -0.05) is 6.07 Å². The van der Waals surface area contributed by atoms with Crippen LogP contribution in [0.2, 0.25) is 0 Å². The van der Waals surface area contributed by atoms with Crippen LogP contribution < -0.4 is 5.32 Å². The van der Waals surface area contributed by atoms with Crippen molar-refractivity contribution in [2.75, 3.05) is 13.1 Å². The number of amides is 2. The normalized spacial score (nSPS) is 15.2. The highest BCUT2D eigenvalue weighted by Crippen LogP contribution is 2.29. The molecule has 0 saturated carbocycles. The molecule has 1 N–H and O–H groups in total. The molecule has 134 valence electrons. The van der Waals surface area contributed by atoms with E-state index in [0.29, 0.717) is 23.5 Å². The summed E-state index contributed by atoms with van der Waals surface area (Å²) in [6, 6.07) is 5.94. The second-order valence-electron chi connectivity index (χ2n) is 6.06. The van der Waals surface area contributed by atoms with Crippen LogP contribution in [0.4, 0.5) is 0 Å². The number of carbonyl (C=O) groups excluding carboxylic acids is 2. The molecular formula is C18H17N3O2S3. The van der Waals surface area contributed by atoms with E-state index in [1.165, 1.54) is 22.7 Å². The summed E-state index contributed by atoms with van der Waals surface area (Å²) in [5.41, 5.74) is 0.708. The number of hydrogen-bond acceptors (Lipinski definition) is 6. The molecule has 1 aliphatic heterocycles. The number of hydrogen-bond donors (Lipinski definition) is 1. The van der Waals surface area contributed by atoms with Crippen LogP contribution in [0.5, 0.6) is 0 Å². The van der Waals surface area contributed by atoms with E-state index in [1.54, 1.807) is 17.5 Å². The Morgan fingerprint density at radius 2 is 2.04 bits per heavy atom. The summed E-state index contributed by atoms with van der Waals surface area (Å²) in [6.45, 7) is 1.30. The third-order valence-corrected chi connectivity index (χ3v) is 7.06. The van der Waals surface area contributed by atoms with Gasteiger partial charge in [-0.2, -0.15) is 11.3 Å². The molecule has 0 radical (unpaired) electrons. The first-order valence-electron chi connectivity index (χ1n) is 8.33. The molecule has 4 rings (SSSR count). The number of carbonyl (C=O) groups is 2. The molecule has 5 nitrogen and oxygen atoms in total. The average molecular weight is 404 g/mol. The zero-order valence-electron chi connectivity index (χ0n) is 13.9. The molecule has 26 heavy (non-hydrogen) atoms. The number of nitrogens with zero attached hydrogens (tertiary/aromatic N) is 2. The van der Waals surface area contributed by atoms with Gasteiger partial charge in [0.25, 0.3) is 11.8 Å². The molecule has 3 aromatic rings. The molecule has 1 saturated heterocycles. The fraction of sp³-hybridized carbons (Fsp3) is 0.278. The molecule has 0 aliphatic carbocycles. The van der Waals surface area contributed by atoms with Crippen LogP contribution in [-0.2, 0) is 0 Å². The Balaban J connectivity index is 1.33. The smallest absolute Gasteiger partial charge is 0.265 e. The van der Waals surface area contributed by atoms with Gasteiger partial charge in [-0.15, -0.1) is 22.7 Å². The molecule has 1 aliphatic rings. The van der Waals surface area contributed by atoms with E-state index in [2.05, 4.69) is 10.3 Å². The Morgan fingerprint density at radius 3 is 2.73 bits per heavy atom. The van der Waals surface area contributed by atoms with Crippen molar-refractivity contribution in [1.29, 1.82) is 0 Å². The maximum absolute atomic E-state index is 12.7. The lowest BCUT2D eigenvalue weighted by Gasteiger charge is -2.32. The molecule has 8 heteroatoms. The molecule has 4 heterocycles. The Labute approximate surface area is 163 Å². The van der Waals surface area contributed by atoms with Gasteiger partial charge in [0.2, 0.25) is 0 Å². The minimum absolute atomic E-state index is 0.0286. The minimum Gasteiger partial charge on any atom is -0.349 e. The predicted molar refractivity (Wildman–Crippen MR) is 106 cm³/mol. The van der Waals surface area contributed by atoms with E-state index in [4.69, 9.17) is 0 Å². The third kappa shape index (κ3) is 3.72. The summed E-state index contributed by atoms with van der Waals surface area (Å²) in [4.78, 5) is 32.9. The molecule has 2 amide bonds. The first-order valence-corrected chi connectivity index (χ1v) is 11.0. The van der Waals surface area contributed by atoms with Crippen molar-refractivity contribution in [3.8, 4) is 9.88 Å². The summed E-state index contributed by atoms with van der Waals surface area (Å²) < 4.78 is 0. The summed E-state index contributed by atoms with van der Waals surface area (Å²) in [7, 11) is 0. The summed E-state index contributed by atoms with van der Waals surface area (Å²) in [6.07, 6.45) is 3.23. The lowest BCUT2D eigenvalue weighted by Crippen LogP contribution is -2.46. The molecule has 0 spiro atoms. The van der Waals surface area contributed by atoms with Gasteiger partial charge in [-0.25, -0.2) is 4.98 Å². The van der Waals surface area contributed by atoms with E-state index in [1.807, 2.05) is 39.2 Å². The van der Waals surface area contributed by atoms with Crippen LogP contribution in [0.3, 0.4) is 0 Å². The number of aromatic nitrogens is 1. The van der Waals surface area contributed by atoms with Gasteiger partial charge in [-0.3, -0.25) is 9.59 Å². The van der Waals surface area contributed by atoms with E-state index in [0.717, 1.165) is 22.7 Å². The van der Waals surface area contributed by atoms with E-state index >= 15 is 0 Å². The van der Waals surface area contributed by atoms with Gasteiger partial charge in [-0.05, 0) is 35.7 Å². The molecule has 3 aromatic heterocycles. The van der Waals surface area contributed by atoms with Crippen molar-refractivity contribution in [1.82, 2.24) is 15.2 Å². The molecule has 0 bridgehead atoms. The van der Waals surface area contributed by atoms with Crippen LogP contribution in [0.1, 0.15) is 32.9 Å². The van der Waals surface area contributed by atoms with Crippen molar-refractivity contribution in [3.63, 3.8) is 0 Å². The fourth-order valence-electron chi connectivity index (χ4n) is 2.93. The zero-order chi connectivity index (χ0) is 17.9. The number of thiazole rings is 1. The van der Waals surface area contributed by atoms with Crippen molar-refractivity contribution < 1.29 is 9.59 Å². The Bertz CT molecular complexity index is 879. The highest BCUT2D eigenvalue weighted by Gasteiger charge is 2.26. The maximum atomic E-state index is 12.7. The van der Waals surface area contributed by atoms with E-state index in [-0.39, 0.29) is 17.9 Å². The second-order valence-corrected chi connectivity index (χ2v) is 8.82. The predicted octanol–water partition coefficient (Wildman–Crippen LogP) is 3.97. The molecule has 0 unspecified atom stereocenters. The van der Waals surface area contributed by atoms with Gasteiger partial charge in [0.1, 0.15) is 9.88 Å². The number of rotatable bonds is 4. The number of nitrogens with one attached hydrogen (secondary N) is 1. The maximum Gasteiger partial charge on any atom is 0.265 e. The average Bonchev–Trinajstić information content (AvgIpc) is 3.43. The van der Waals surface area contributed by atoms with Crippen LogP contribution in [-0.4, -0.2) is 40.8 Å². The van der Waals surface area contributed by atoms with Crippen molar-refractivity contribution in [2.45, 2.75) is 18.9 Å². The minimum atomic E-state index is -0.0286. The Kier molecular flexibility index (Phi) is 5.14. The van der Waals surface area contributed by atoms with Crippen LogP contribution >= 0.6 is 34.0 Å². The Morgan fingerprint density at radius 1 is 1.19 bits per heavy atom. The number of likely N-dealkylation sites (tertiary alicyclic amines) is 1. The second kappa shape index (κ2) is 7.69. The fourth-order valence-corrected chi connectivity index (χ4v) is 5.26. The van der Waals surface area contributed by atoms with Gasteiger partial charge in [0.05, 0.1) is 11.1 Å². The van der Waals surface area contributed by atoms with Gasteiger partial charge in [0, 0.05) is 30.1 Å². The number of thiophene rings is 2.